The van der Waals surface area contributed by atoms with Gasteiger partial charge in [0.15, 0.2) is 0 Å². The summed E-state index contributed by atoms with van der Waals surface area (Å²) in [4.78, 5) is 23.3. The monoisotopic (exact) mass is 358 g/mol. The van der Waals surface area contributed by atoms with Crippen LogP contribution >= 0.6 is 0 Å². The molecule has 1 atom stereocenters. The fourth-order valence-electron chi connectivity index (χ4n) is 3.19. The lowest BCUT2D eigenvalue weighted by Crippen LogP contribution is -2.42. The Morgan fingerprint density at radius 1 is 1.04 bits per heavy atom. The number of hydrogen-bond acceptors (Lipinski definition) is 2. The first-order valence-corrected chi connectivity index (χ1v) is 8.61. The number of carbonyl (C=O) groups is 2. The summed E-state index contributed by atoms with van der Waals surface area (Å²) in [6.07, 6.45) is 1.44. The zero-order valence-electron chi connectivity index (χ0n) is 14.2. The molecule has 0 unspecified atom stereocenters. The molecule has 0 aromatic heterocycles. The van der Waals surface area contributed by atoms with E-state index in [0.29, 0.717) is 25.8 Å². The summed E-state index contributed by atoms with van der Waals surface area (Å²) >= 11 is 0. The molecular formula is C20H20F2N2O2. The van der Waals surface area contributed by atoms with Crippen molar-refractivity contribution in [3.8, 4) is 0 Å². The van der Waals surface area contributed by atoms with Crippen LogP contribution in [0.2, 0.25) is 0 Å². The Balaban J connectivity index is 1.67. The number of rotatable bonds is 6. The molecule has 1 fully saturated rings. The first-order chi connectivity index (χ1) is 12.5. The van der Waals surface area contributed by atoms with Gasteiger partial charge in [-0.05, 0) is 48.2 Å². The normalized spacial score (nSPS) is 16.6. The number of amides is 2. The largest absolute Gasteiger partial charge is 0.354 e. The van der Waals surface area contributed by atoms with Crippen molar-refractivity contribution in [3.05, 3.63) is 71.3 Å². The maximum absolute atomic E-state index is 13.2. The predicted octanol–water partition coefficient (Wildman–Crippen LogP) is 2.88. The van der Waals surface area contributed by atoms with Crippen molar-refractivity contribution in [1.29, 1.82) is 0 Å². The Morgan fingerprint density at radius 3 is 2.04 bits per heavy atom. The van der Waals surface area contributed by atoms with E-state index in [9.17, 15) is 18.4 Å². The summed E-state index contributed by atoms with van der Waals surface area (Å²) < 4.78 is 26.5. The molecule has 2 N–H and O–H groups in total. The molecule has 136 valence electrons. The molecule has 6 heteroatoms. The summed E-state index contributed by atoms with van der Waals surface area (Å²) in [5.74, 6) is -1.06. The minimum atomic E-state index is -0.474. The van der Waals surface area contributed by atoms with Crippen molar-refractivity contribution in [1.82, 2.24) is 10.6 Å². The lowest BCUT2D eigenvalue weighted by molar-refractivity contribution is -0.125. The number of carbonyl (C=O) groups excluding carboxylic acids is 2. The summed E-state index contributed by atoms with van der Waals surface area (Å²) in [7, 11) is 0. The second-order valence-corrected chi connectivity index (χ2v) is 6.39. The van der Waals surface area contributed by atoms with Crippen molar-refractivity contribution < 1.29 is 18.4 Å². The zero-order chi connectivity index (χ0) is 18.5. The van der Waals surface area contributed by atoms with Crippen molar-refractivity contribution in [2.24, 2.45) is 0 Å². The molecule has 0 aliphatic carbocycles. The average molecular weight is 358 g/mol. The highest BCUT2D eigenvalue weighted by atomic mass is 19.1. The molecule has 4 nitrogen and oxygen atoms in total. The second kappa shape index (κ2) is 8.08. The smallest absolute Gasteiger partial charge is 0.242 e. The SMILES string of the molecule is O=C1CC[C@H](C(=O)NCCC(c2ccc(F)cc2)c2ccc(F)cc2)N1. The zero-order valence-corrected chi connectivity index (χ0v) is 14.2. The summed E-state index contributed by atoms with van der Waals surface area (Å²) in [6, 6.07) is 11.9. The highest BCUT2D eigenvalue weighted by molar-refractivity contribution is 5.90. The van der Waals surface area contributed by atoms with E-state index in [1.807, 2.05) is 0 Å². The summed E-state index contributed by atoms with van der Waals surface area (Å²) in [5.41, 5.74) is 1.78. The third-order valence-corrected chi connectivity index (χ3v) is 4.59. The fourth-order valence-corrected chi connectivity index (χ4v) is 3.19. The molecule has 1 saturated heterocycles. The van der Waals surface area contributed by atoms with Gasteiger partial charge in [-0.3, -0.25) is 9.59 Å². The minimum absolute atomic E-state index is 0.102. The predicted molar refractivity (Wildman–Crippen MR) is 93.4 cm³/mol. The van der Waals surface area contributed by atoms with Crippen LogP contribution in [0.1, 0.15) is 36.3 Å². The van der Waals surface area contributed by atoms with Gasteiger partial charge in [0.1, 0.15) is 17.7 Å². The van der Waals surface area contributed by atoms with E-state index in [1.54, 1.807) is 24.3 Å². The lowest BCUT2D eigenvalue weighted by atomic mass is 9.88. The Hall–Kier alpha value is -2.76. The van der Waals surface area contributed by atoms with Crippen LogP contribution in [0.5, 0.6) is 0 Å². The molecule has 26 heavy (non-hydrogen) atoms. The van der Waals surface area contributed by atoms with Gasteiger partial charge < -0.3 is 10.6 Å². The van der Waals surface area contributed by atoms with Crippen LogP contribution in [0, 0.1) is 11.6 Å². The Labute approximate surface area is 150 Å². The van der Waals surface area contributed by atoms with Gasteiger partial charge in [-0.2, -0.15) is 0 Å². The standard InChI is InChI=1S/C20H20F2N2O2/c21-15-5-1-13(2-6-15)17(14-3-7-16(22)8-4-14)11-12-23-20(26)18-9-10-19(25)24-18/h1-8,17-18H,9-12H2,(H,23,26)(H,24,25)/t18-/m1/s1. The van der Waals surface area contributed by atoms with Crippen LogP contribution in [0.25, 0.3) is 0 Å². The lowest BCUT2D eigenvalue weighted by Gasteiger charge is -2.19. The van der Waals surface area contributed by atoms with Gasteiger partial charge in [0.25, 0.3) is 0 Å². The molecule has 2 aromatic carbocycles. The van der Waals surface area contributed by atoms with Crippen LogP contribution in [-0.2, 0) is 9.59 Å². The van der Waals surface area contributed by atoms with Gasteiger partial charge in [-0.15, -0.1) is 0 Å². The van der Waals surface area contributed by atoms with Crippen molar-refractivity contribution in [3.63, 3.8) is 0 Å². The molecule has 0 radical (unpaired) electrons. The van der Waals surface area contributed by atoms with Crippen molar-refractivity contribution >= 4 is 11.8 Å². The summed E-state index contributed by atoms with van der Waals surface area (Å²) in [5, 5.41) is 5.47. The van der Waals surface area contributed by atoms with E-state index in [-0.39, 0.29) is 29.4 Å². The van der Waals surface area contributed by atoms with E-state index in [4.69, 9.17) is 0 Å². The maximum atomic E-state index is 13.2. The van der Waals surface area contributed by atoms with Crippen LogP contribution in [0.4, 0.5) is 8.78 Å². The van der Waals surface area contributed by atoms with Crippen LogP contribution < -0.4 is 10.6 Å². The highest BCUT2D eigenvalue weighted by Crippen LogP contribution is 2.28. The Kier molecular flexibility index (Phi) is 5.61. The van der Waals surface area contributed by atoms with Crippen LogP contribution in [-0.4, -0.2) is 24.4 Å². The van der Waals surface area contributed by atoms with E-state index in [0.717, 1.165) is 11.1 Å². The molecule has 0 saturated carbocycles. The molecule has 1 heterocycles. The van der Waals surface area contributed by atoms with E-state index in [1.165, 1.54) is 24.3 Å². The topological polar surface area (TPSA) is 58.2 Å². The molecule has 2 aromatic rings. The van der Waals surface area contributed by atoms with E-state index < -0.39 is 6.04 Å². The molecule has 3 rings (SSSR count). The minimum Gasteiger partial charge on any atom is -0.354 e. The highest BCUT2D eigenvalue weighted by Gasteiger charge is 2.27. The van der Waals surface area contributed by atoms with Gasteiger partial charge in [-0.25, -0.2) is 8.78 Å². The molecule has 1 aliphatic heterocycles. The van der Waals surface area contributed by atoms with Gasteiger partial charge >= 0.3 is 0 Å². The van der Waals surface area contributed by atoms with Gasteiger partial charge in [0.2, 0.25) is 11.8 Å². The molecule has 0 spiro atoms. The second-order valence-electron chi connectivity index (χ2n) is 6.39. The van der Waals surface area contributed by atoms with Gasteiger partial charge in [0, 0.05) is 18.9 Å². The van der Waals surface area contributed by atoms with Gasteiger partial charge in [-0.1, -0.05) is 24.3 Å². The van der Waals surface area contributed by atoms with E-state index >= 15 is 0 Å². The molecule has 0 bridgehead atoms. The number of benzene rings is 2. The van der Waals surface area contributed by atoms with Crippen molar-refractivity contribution in [2.45, 2.75) is 31.2 Å². The fraction of sp³-hybridized carbons (Fsp3) is 0.300. The van der Waals surface area contributed by atoms with E-state index in [2.05, 4.69) is 10.6 Å². The number of hydrogen-bond donors (Lipinski definition) is 2. The first-order valence-electron chi connectivity index (χ1n) is 8.61. The average Bonchev–Trinajstić information content (AvgIpc) is 3.07. The Bertz CT molecular complexity index is 730. The molecule has 2 amide bonds. The van der Waals surface area contributed by atoms with Crippen LogP contribution in [0.3, 0.4) is 0 Å². The van der Waals surface area contributed by atoms with Crippen molar-refractivity contribution in [2.75, 3.05) is 6.54 Å². The van der Waals surface area contributed by atoms with Crippen LogP contribution in [0.15, 0.2) is 48.5 Å². The number of nitrogens with one attached hydrogen (secondary N) is 2. The summed E-state index contributed by atoms with van der Waals surface area (Å²) in [6.45, 7) is 0.393. The third-order valence-electron chi connectivity index (χ3n) is 4.59. The Morgan fingerprint density at radius 2 is 1.58 bits per heavy atom. The molecule has 1 aliphatic rings. The third kappa shape index (κ3) is 4.45. The number of halogens is 2. The first kappa shape index (κ1) is 18.0. The molecular weight excluding hydrogens is 338 g/mol. The maximum Gasteiger partial charge on any atom is 0.242 e. The van der Waals surface area contributed by atoms with Gasteiger partial charge in [0.05, 0.1) is 0 Å². The quantitative estimate of drug-likeness (QED) is 0.834.